The van der Waals surface area contributed by atoms with Crippen LogP contribution in [0, 0.1) is 0 Å². The lowest BCUT2D eigenvalue weighted by Gasteiger charge is -2.14. The summed E-state index contributed by atoms with van der Waals surface area (Å²) in [6.45, 7) is 0. The largest absolute Gasteiger partial charge is 0.744 e. The number of H-pyrrole nitrogens is 4. The minimum atomic E-state index is -4.74. The Balaban J connectivity index is 0.000000373. The average molecular weight is 831 g/mol. The Kier molecular flexibility index (Phi) is 17.3. The molecule has 6 rings (SSSR count). The van der Waals surface area contributed by atoms with Crippen molar-refractivity contribution in [3.05, 3.63) is 110 Å². The highest BCUT2D eigenvalue weighted by molar-refractivity contribution is 7.87. The number of aromatic amines is 4. The van der Waals surface area contributed by atoms with Gasteiger partial charge < -0.3 is 18.2 Å². The summed E-state index contributed by atoms with van der Waals surface area (Å²) in [7, 11) is -19.0. The minimum absolute atomic E-state index is 0.0792. The Labute approximate surface area is 308 Å². The number of imidazole rings is 2. The van der Waals surface area contributed by atoms with E-state index in [-0.39, 0.29) is 33.5 Å². The van der Waals surface area contributed by atoms with E-state index in [9.17, 15) is 51.9 Å². The molecule has 0 radical (unpaired) electrons. The summed E-state index contributed by atoms with van der Waals surface area (Å²) >= 11 is 0. The van der Waals surface area contributed by atoms with Gasteiger partial charge in [-0.2, -0.15) is 0 Å². The third-order valence-electron chi connectivity index (χ3n) is 5.65. The number of fused-ring (bicyclic) bond motifs is 2. The Morgan fingerprint density at radius 2 is 0.667 bits per heavy atom. The molecule has 22 nitrogen and oxygen atoms in total. The van der Waals surface area contributed by atoms with Crippen LogP contribution >= 0.6 is 0 Å². The summed E-state index contributed by atoms with van der Waals surface area (Å²) in [5.41, 5.74) is 18.3. The van der Waals surface area contributed by atoms with Crippen molar-refractivity contribution in [1.82, 2.24) is 9.97 Å². The second-order valence-corrected chi connectivity index (χ2v) is 15.0. The molecule has 0 amide bonds. The van der Waals surface area contributed by atoms with E-state index >= 15 is 0 Å². The van der Waals surface area contributed by atoms with Crippen molar-refractivity contribution in [1.29, 1.82) is 0 Å². The normalized spacial score (nSPS) is 10.9. The smallest absolute Gasteiger partial charge is 0.336 e. The first kappa shape index (κ1) is 46.0. The zero-order chi connectivity index (χ0) is 41.3. The minimum Gasteiger partial charge on any atom is -0.744 e. The van der Waals surface area contributed by atoms with Gasteiger partial charge in [-0.1, -0.05) is 48.5 Å². The van der Waals surface area contributed by atoms with Crippen LogP contribution < -0.4 is 43.7 Å². The molecule has 4 aromatic carbocycles. The first-order chi connectivity index (χ1) is 24.9. The van der Waals surface area contributed by atoms with Crippen LogP contribution in [-0.4, -0.2) is 73.8 Å². The van der Waals surface area contributed by atoms with Crippen LogP contribution in [0.3, 0.4) is 0 Å². The summed E-state index contributed by atoms with van der Waals surface area (Å²) in [5, 5.41) is 8.85. The van der Waals surface area contributed by atoms with E-state index in [1.165, 1.54) is 48.5 Å². The van der Waals surface area contributed by atoms with E-state index in [4.69, 9.17) is 0 Å². The summed E-state index contributed by atoms with van der Waals surface area (Å²) in [4.78, 5) is 9.02. The monoisotopic (exact) mass is 830 g/mol. The molecule has 16 N–H and O–H groups in total. The lowest BCUT2D eigenvalue weighted by atomic mass is 10.1. The molecule has 0 spiro atoms. The summed E-state index contributed by atoms with van der Waals surface area (Å²) in [5.74, 6) is -0.167. The fourth-order valence-electron chi connectivity index (χ4n) is 3.86. The first-order valence-electron chi connectivity index (χ1n) is 14.0. The molecule has 0 aliphatic rings. The van der Waals surface area contributed by atoms with Crippen LogP contribution in [0.5, 0.6) is 0 Å². The highest BCUT2D eigenvalue weighted by Crippen LogP contribution is 2.29. The molecule has 0 atom stereocenters. The molecule has 0 fully saturated rings. The molecule has 6 aromatic rings. The maximum absolute atomic E-state index is 11.0. The van der Waals surface area contributed by atoms with Gasteiger partial charge in [0.05, 0.1) is 19.6 Å². The van der Waals surface area contributed by atoms with Crippen molar-refractivity contribution in [3.8, 4) is 0 Å². The molecule has 0 aliphatic heterocycles. The highest BCUT2D eigenvalue weighted by atomic mass is 32.2. The van der Waals surface area contributed by atoms with Gasteiger partial charge in [0.2, 0.25) is 12.7 Å². The Hall–Kier alpha value is -6.00. The van der Waals surface area contributed by atoms with Crippen LogP contribution in [0.25, 0.3) is 21.5 Å². The molecule has 292 valence electrons. The molecule has 54 heavy (non-hydrogen) atoms. The summed E-state index contributed by atoms with van der Waals surface area (Å²) < 4.78 is 132. The average Bonchev–Trinajstić information content (AvgIpc) is 3.82. The predicted octanol–water partition coefficient (Wildman–Crippen LogP) is -5.01. The fourth-order valence-corrected chi connectivity index (χ4v) is 6.63. The molecule has 0 unspecified atom stereocenters. The maximum atomic E-state index is 11.0. The van der Waals surface area contributed by atoms with E-state index in [0.29, 0.717) is 0 Å². The van der Waals surface area contributed by atoms with E-state index in [1.807, 2.05) is 24.8 Å². The van der Waals surface area contributed by atoms with Crippen LogP contribution in [-0.2, 0) is 40.5 Å². The zero-order valence-corrected chi connectivity index (χ0v) is 30.7. The van der Waals surface area contributed by atoms with Gasteiger partial charge in [0.25, 0.3) is 0 Å². The third kappa shape index (κ3) is 16.1. The number of rotatable bonds is 4. The van der Waals surface area contributed by atoms with Crippen molar-refractivity contribution < 1.29 is 72.7 Å². The molecule has 0 saturated carbocycles. The van der Waals surface area contributed by atoms with Crippen molar-refractivity contribution in [2.24, 2.45) is 22.9 Å². The molecule has 0 bridgehead atoms. The number of aromatic nitrogens is 4. The molecule has 26 heteroatoms. The standard InChI is InChI=1S/2C10H8O6S2.2C3H4N2.2CH5N3/c2*11-17(12,13)9-5-1-3-7-8(9)4-2-6-10(7)18(14,15)16;2*1-2-5-3-4-1;2*2-1(3)4/h2*1-6H,(H,11,12,13)(H,14,15,16);2*1-3H,(H,4,5);2*(H5,2,3,4). The molecular formula is C28H34N10O12S4. The summed E-state index contributed by atoms with van der Waals surface area (Å²) in [6, 6.07) is 14.2. The Morgan fingerprint density at radius 3 is 0.778 bits per heavy atom. The lowest BCUT2D eigenvalue weighted by molar-refractivity contribution is -0.376. The van der Waals surface area contributed by atoms with Gasteiger partial charge in [0, 0.05) is 21.5 Å². The molecule has 0 aliphatic carbocycles. The number of nitrogens with one attached hydrogen (secondary N) is 4. The van der Waals surface area contributed by atoms with Crippen LogP contribution in [0.15, 0.2) is 130 Å². The van der Waals surface area contributed by atoms with E-state index in [1.54, 1.807) is 12.7 Å². The van der Waals surface area contributed by atoms with Crippen molar-refractivity contribution in [2.45, 2.75) is 19.6 Å². The topological polar surface area (TPSA) is 444 Å². The first-order valence-corrected chi connectivity index (χ1v) is 19.6. The number of hydrogen-bond donors (Lipinski definition) is 8. The fraction of sp³-hybridized carbons (Fsp3) is 0. The third-order valence-corrected chi connectivity index (χ3v) is 9.23. The SMILES string of the molecule is NC(N)=[NH2+].NC(N)=[NH2+].O=S(=O)([O-])c1cccc2c(S(=O)(=O)[O-])cccc12.O=S(=O)([O-])c1cccc2c(S(=O)(=O)[O-])cccc12.c1c[nH+]c[nH]1.c1c[nH+]c[nH]1. The van der Waals surface area contributed by atoms with Crippen molar-refractivity contribution in [3.63, 3.8) is 0 Å². The highest BCUT2D eigenvalue weighted by Gasteiger charge is 2.13. The lowest BCUT2D eigenvalue weighted by Crippen LogP contribution is -2.51. The number of guanidine groups is 2. The van der Waals surface area contributed by atoms with E-state index < -0.39 is 60.1 Å². The van der Waals surface area contributed by atoms with Gasteiger partial charge in [-0.15, -0.1) is 0 Å². The second-order valence-electron chi connectivity index (χ2n) is 9.65. The quantitative estimate of drug-likeness (QED) is 0.0468. The molecule has 2 aromatic heterocycles. The van der Waals surface area contributed by atoms with Gasteiger partial charge in [-0.3, -0.25) is 53.7 Å². The van der Waals surface area contributed by atoms with E-state index in [0.717, 1.165) is 24.3 Å². The molecular weight excluding hydrogens is 797 g/mol. The number of nitrogens with two attached hydrogens (primary N) is 6. The van der Waals surface area contributed by atoms with Gasteiger partial charge in [0.1, 0.15) is 65.3 Å². The van der Waals surface area contributed by atoms with Crippen molar-refractivity contribution in [2.75, 3.05) is 0 Å². The van der Waals surface area contributed by atoms with Gasteiger partial charge >= 0.3 is 11.9 Å². The Bertz CT molecular complexity index is 2220. The van der Waals surface area contributed by atoms with E-state index in [2.05, 4.69) is 53.7 Å². The second kappa shape index (κ2) is 20.3. The number of benzene rings is 4. The zero-order valence-electron chi connectivity index (χ0n) is 27.4. The van der Waals surface area contributed by atoms with Gasteiger partial charge in [-0.05, 0) is 24.3 Å². The summed E-state index contributed by atoms with van der Waals surface area (Å²) in [6.07, 6.45) is 10.8. The maximum Gasteiger partial charge on any atom is 0.336 e. The molecule has 2 heterocycles. The molecule has 0 saturated heterocycles. The number of hydrogen-bond acceptors (Lipinski definition) is 12. The predicted molar refractivity (Wildman–Crippen MR) is 185 cm³/mol. The van der Waals surface area contributed by atoms with Crippen LogP contribution in [0.4, 0.5) is 0 Å². The van der Waals surface area contributed by atoms with Crippen LogP contribution in [0.1, 0.15) is 0 Å². The van der Waals surface area contributed by atoms with Gasteiger partial charge in [0.15, 0.2) is 0 Å². The Morgan fingerprint density at radius 1 is 0.463 bits per heavy atom. The van der Waals surface area contributed by atoms with Crippen molar-refractivity contribution >= 4 is 73.9 Å². The van der Waals surface area contributed by atoms with Gasteiger partial charge in [-0.25, -0.2) is 33.7 Å². The van der Waals surface area contributed by atoms with Crippen LogP contribution in [0.2, 0.25) is 0 Å².